The minimum atomic E-state index is -4.72. The molecule has 1 fully saturated rings. The zero-order valence-electron chi connectivity index (χ0n) is 19.0. The van der Waals surface area contributed by atoms with E-state index in [1.807, 2.05) is 44.2 Å². The molecule has 0 bridgehead atoms. The summed E-state index contributed by atoms with van der Waals surface area (Å²) in [5.74, 6) is 4.99. The third kappa shape index (κ3) is 6.09. The van der Waals surface area contributed by atoms with Crippen LogP contribution in [0.4, 0.5) is 19.1 Å². The van der Waals surface area contributed by atoms with Gasteiger partial charge >= 0.3 is 6.18 Å². The summed E-state index contributed by atoms with van der Waals surface area (Å²) in [5, 5.41) is 1.61. The molecule has 2 N–H and O–H groups in total. The maximum atomic E-state index is 13.6. The van der Waals surface area contributed by atoms with E-state index in [0.29, 0.717) is 30.3 Å². The molecule has 3 rings (SSSR count). The summed E-state index contributed by atoms with van der Waals surface area (Å²) in [7, 11) is 0. The van der Waals surface area contributed by atoms with Crippen LogP contribution in [0, 0.1) is 17.3 Å². The van der Waals surface area contributed by atoms with Crippen molar-refractivity contribution in [2.45, 2.75) is 45.9 Å². The number of carbonyl (C=O) groups excluding carboxylic acids is 2. The van der Waals surface area contributed by atoms with Gasteiger partial charge in [0.05, 0.1) is 12.0 Å². The lowest BCUT2D eigenvalue weighted by Gasteiger charge is -2.44. The van der Waals surface area contributed by atoms with E-state index in [4.69, 9.17) is 10.7 Å². The Balaban J connectivity index is 1.87. The number of hydrogen-bond acceptors (Lipinski definition) is 6. The second-order valence-corrected chi connectivity index (χ2v) is 8.99. The van der Waals surface area contributed by atoms with E-state index in [1.165, 1.54) is 0 Å². The van der Waals surface area contributed by atoms with E-state index in [9.17, 15) is 22.8 Å². The van der Waals surface area contributed by atoms with Crippen molar-refractivity contribution in [3.8, 4) is 0 Å². The summed E-state index contributed by atoms with van der Waals surface area (Å²) < 4.78 is 39.3. The molecule has 1 heterocycles. The molecule has 34 heavy (non-hydrogen) atoms. The average Bonchev–Trinajstić information content (AvgIpc) is 2.80. The van der Waals surface area contributed by atoms with Gasteiger partial charge in [-0.2, -0.15) is 13.2 Å². The highest BCUT2D eigenvalue weighted by atomic mass is 19.4. The van der Waals surface area contributed by atoms with Crippen molar-refractivity contribution < 1.29 is 27.6 Å². The first-order chi connectivity index (χ1) is 16.0. The molecule has 0 aliphatic heterocycles. The molecule has 1 aliphatic carbocycles. The second-order valence-electron chi connectivity index (χ2n) is 8.99. The summed E-state index contributed by atoms with van der Waals surface area (Å²) in [6.45, 7) is 3.96. The molecular weight excluding hydrogens is 451 g/mol. The molecular formula is C23H28F3N5O3. The first kappa shape index (κ1) is 25.6. The average molecular weight is 480 g/mol. The summed E-state index contributed by atoms with van der Waals surface area (Å²) in [6.07, 6.45) is -1.70. The van der Waals surface area contributed by atoms with Crippen LogP contribution in [-0.2, 0) is 27.2 Å². The monoisotopic (exact) mass is 479 g/mol. The third-order valence-corrected chi connectivity index (χ3v) is 5.92. The van der Waals surface area contributed by atoms with Crippen molar-refractivity contribution in [3.63, 3.8) is 0 Å². The fraction of sp³-hybridized carbons (Fsp3) is 0.478. The second kappa shape index (κ2) is 10.5. The number of hydrogen-bond donors (Lipinski definition) is 1. The zero-order valence-corrected chi connectivity index (χ0v) is 19.0. The lowest BCUT2D eigenvalue weighted by molar-refractivity contribution is -0.191. The molecule has 2 amide bonds. The van der Waals surface area contributed by atoms with Gasteiger partial charge in [0.2, 0.25) is 12.4 Å². The lowest BCUT2D eigenvalue weighted by atomic mass is 9.65. The number of anilines is 1. The molecule has 1 aliphatic rings. The number of hydroxylamine groups is 2. The number of nitrogens with two attached hydrogens (primary N) is 1. The minimum Gasteiger partial charge on any atom is -0.276 e. The summed E-state index contributed by atoms with van der Waals surface area (Å²) in [4.78, 5) is 38.3. The van der Waals surface area contributed by atoms with Gasteiger partial charge in [-0.15, -0.1) is 0 Å². The van der Waals surface area contributed by atoms with Crippen LogP contribution in [0.1, 0.15) is 44.4 Å². The van der Waals surface area contributed by atoms with Gasteiger partial charge in [0.15, 0.2) is 0 Å². The molecule has 0 spiro atoms. The molecule has 184 valence electrons. The topological polar surface area (TPSA) is 102 Å². The molecule has 11 heteroatoms. The van der Waals surface area contributed by atoms with Crippen LogP contribution in [0.15, 0.2) is 42.6 Å². The van der Waals surface area contributed by atoms with E-state index >= 15 is 0 Å². The van der Waals surface area contributed by atoms with E-state index in [0.717, 1.165) is 23.2 Å². The quantitative estimate of drug-likeness (QED) is 0.268. The highest BCUT2D eigenvalue weighted by molar-refractivity contribution is 5.95. The van der Waals surface area contributed by atoms with Gasteiger partial charge in [0.25, 0.3) is 5.91 Å². The smallest absolute Gasteiger partial charge is 0.276 e. The standard InChI is InChI=1S/C23H28F3N5O3/c1-16-10-17(2)12-22(11-16,14-30(15-32)34-13-18-6-4-3-5-7-18)20(33)31(27)21-28-9-8-19(29-21)23(24,25)26/h3-9,15-17H,10-14,27H2,1-2H3/t16-,17+,22?. The SMILES string of the molecule is C[C@@H]1C[C@H](C)CC(CN(C=O)OCc2ccccc2)(C(=O)N(N)c2nccc(C(F)(F)F)n2)C1. The molecule has 1 aromatic heterocycles. The van der Waals surface area contributed by atoms with Crippen LogP contribution in [0.5, 0.6) is 0 Å². The molecule has 0 saturated heterocycles. The highest BCUT2D eigenvalue weighted by Crippen LogP contribution is 2.44. The normalized spacial score (nSPS) is 22.8. The Hall–Kier alpha value is -3.05. The predicted molar refractivity (Wildman–Crippen MR) is 117 cm³/mol. The minimum absolute atomic E-state index is 0.108. The fourth-order valence-electron chi connectivity index (χ4n) is 4.75. The lowest BCUT2D eigenvalue weighted by Crippen LogP contribution is -2.55. The summed E-state index contributed by atoms with van der Waals surface area (Å²) >= 11 is 0. The van der Waals surface area contributed by atoms with Crippen LogP contribution in [0.2, 0.25) is 0 Å². The zero-order chi connectivity index (χ0) is 24.9. The van der Waals surface area contributed by atoms with Gasteiger partial charge < -0.3 is 0 Å². The number of amides is 2. The van der Waals surface area contributed by atoms with E-state index in [1.54, 1.807) is 0 Å². The molecule has 3 atom stereocenters. The maximum absolute atomic E-state index is 13.6. The molecule has 8 nitrogen and oxygen atoms in total. The Morgan fingerprint density at radius 3 is 2.44 bits per heavy atom. The van der Waals surface area contributed by atoms with Gasteiger partial charge in [0.1, 0.15) is 12.3 Å². The number of alkyl halides is 3. The first-order valence-electron chi connectivity index (χ1n) is 10.9. The number of aromatic nitrogens is 2. The van der Waals surface area contributed by atoms with Crippen molar-refractivity contribution in [1.29, 1.82) is 0 Å². The van der Waals surface area contributed by atoms with Crippen molar-refractivity contribution in [2.24, 2.45) is 23.1 Å². The fourth-order valence-corrected chi connectivity index (χ4v) is 4.75. The van der Waals surface area contributed by atoms with Crippen LogP contribution in [-0.4, -0.2) is 33.9 Å². The Morgan fingerprint density at radius 2 is 1.85 bits per heavy atom. The number of carbonyl (C=O) groups is 2. The number of rotatable bonds is 8. The molecule has 0 radical (unpaired) electrons. The molecule has 1 saturated carbocycles. The van der Waals surface area contributed by atoms with Crippen LogP contribution in [0.25, 0.3) is 0 Å². The van der Waals surface area contributed by atoms with Crippen LogP contribution < -0.4 is 10.9 Å². The van der Waals surface area contributed by atoms with Gasteiger partial charge in [0, 0.05) is 6.20 Å². The highest BCUT2D eigenvalue weighted by Gasteiger charge is 2.48. The Morgan fingerprint density at radius 1 is 1.21 bits per heavy atom. The number of benzene rings is 1. The van der Waals surface area contributed by atoms with E-state index in [2.05, 4.69) is 9.97 Å². The van der Waals surface area contributed by atoms with Crippen molar-refractivity contribution >= 4 is 18.3 Å². The Labute approximate surface area is 195 Å². The molecule has 1 unspecified atom stereocenters. The van der Waals surface area contributed by atoms with Crippen molar-refractivity contribution in [1.82, 2.24) is 15.0 Å². The van der Waals surface area contributed by atoms with E-state index < -0.39 is 29.1 Å². The third-order valence-electron chi connectivity index (χ3n) is 5.92. The van der Waals surface area contributed by atoms with Crippen molar-refractivity contribution in [2.75, 3.05) is 11.6 Å². The number of nitrogens with zero attached hydrogens (tertiary/aromatic N) is 4. The molecule has 2 aromatic rings. The predicted octanol–water partition coefficient (Wildman–Crippen LogP) is 3.73. The van der Waals surface area contributed by atoms with Crippen LogP contribution >= 0.6 is 0 Å². The Kier molecular flexibility index (Phi) is 7.88. The van der Waals surface area contributed by atoms with Gasteiger partial charge in [-0.05, 0) is 42.7 Å². The van der Waals surface area contributed by atoms with Crippen molar-refractivity contribution in [3.05, 3.63) is 53.9 Å². The largest absolute Gasteiger partial charge is 0.433 e. The molecule has 1 aromatic carbocycles. The number of halogens is 3. The summed E-state index contributed by atoms with van der Waals surface area (Å²) in [5.41, 5.74) is -1.56. The van der Waals surface area contributed by atoms with Gasteiger partial charge in [-0.1, -0.05) is 44.2 Å². The first-order valence-corrected chi connectivity index (χ1v) is 10.9. The van der Waals surface area contributed by atoms with Gasteiger partial charge in [-0.25, -0.2) is 25.9 Å². The van der Waals surface area contributed by atoms with Crippen LogP contribution in [0.3, 0.4) is 0 Å². The Bertz CT molecular complexity index is 979. The summed E-state index contributed by atoms with van der Waals surface area (Å²) in [6, 6.07) is 9.89. The van der Waals surface area contributed by atoms with E-state index in [-0.39, 0.29) is 25.0 Å². The van der Waals surface area contributed by atoms with Gasteiger partial charge in [-0.3, -0.25) is 14.4 Å². The number of hydrazine groups is 1. The maximum Gasteiger partial charge on any atom is 0.433 e.